The third-order valence-electron chi connectivity index (χ3n) is 3.67. The van der Waals surface area contributed by atoms with E-state index in [-0.39, 0.29) is 0 Å². The van der Waals surface area contributed by atoms with Gasteiger partial charge in [0.15, 0.2) is 9.84 Å². The van der Waals surface area contributed by atoms with E-state index in [1.807, 2.05) is 23.1 Å². The lowest BCUT2D eigenvalue weighted by Crippen LogP contribution is -2.47. The second-order valence-corrected chi connectivity index (χ2v) is 8.48. The molecule has 3 rings (SSSR count). The summed E-state index contributed by atoms with van der Waals surface area (Å²) in [5.41, 5.74) is 8.19. The minimum absolute atomic E-state index is 0.497. The molecule has 1 saturated heterocycles. The molecule has 0 amide bonds. The molecular formula is C14H17N3O2S2. The Bertz CT molecular complexity index is 777. The third-order valence-corrected chi connectivity index (χ3v) is 6.31. The van der Waals surface area contributed by atoms with Crippen LogP contribution in [0.2, 0.25) is 0 Å². The van der Waals surface area contributed by atoms with Crippen molar-refractivity contribution in [3.05, 3.63) is 30.5 Å². The van der Waals surface area contributed by atoms with E-state index in [1.165, 1.54) is 6.26 Å². The molecule has 1 aromatic heterocycles. The molecule has 21 heavy (non-hydrogen) atoms. The molecule has 7 heteroatoms. The molecule has 1 aromatic carbocycles. The van der Waals surface area contributed by atoms with Crippen LogP contribution in [0.25, 0.3) is 10.9 Å². The number of hydrogen-bond acceptors (Lipinski definition) is 6. The van der Waals surface area contributed by atoms with Crippen molar-refractivity contribution in [3.63, 3.8) is 0 Å². The number of rotatable bonds is 2. The molecule has 1 aliphatic rings. The Morgan fingerprint density at radius 3 is 2.95 bits per heavy atom. The lowest BCUT2D eigenvalue weighted by atomic mass is 10.1. The summed E-state index contributed by atoms with van der Waals surface area (Å²) >= 11 is 1.68. The summed E-state index contributed by atoms with van der Waals surface area (Å²) in [6, 6.07) is 7.49. The maximum absolute atomic E-state index is 12.1. The molecule has 0 radical (unpaired) electrons. The number of hydrogen-bond donors (Lipinski definition) is 1. The highest BCUT2D eigenvalue weighted by Crippen LogP contribution is 2.33. The van der Waals surface area contributed by atoms with Gasteiger partial charge in [0.2, 0.25) is 0 Å². The minimum atomic E-state index is -3.15. The van der Waals surface area contributed by atoms with Gasteiger partial charge in [-0.15, -0.1) is 0 Å². The van der Waals surface area contributed by atoms with Gasteiger partial charge in [0.25, 0.3) is 0 Å². The van der Waals surface area contributed by atoms with Gasteiger partial charge >= 0.3 is 0 Å². The Morgan fingerprint density at radius 1 is 1.38 bits per heavy atom. The van der Waals surface area contributed by atoms with Gasteiger partial charge in [0.1, 0.15) is 5.37 Å². The fraction of sp³-hybridized carbons (Fsp3) is 0.357. The van der Waals surface area contributed by atoms with Crippen molar-refractivity contribution in [3.8, 4) is 0 Å². The van der Waals surface area contributed by atoms with Gasteiger partial charge < -0.3 is 10.6 Å². The van der Waals surface area contributed by atoms with Gasteiger partial charge in [-0.1, -0.05) is 12.1 Å². The van der Waals surface area contributed by atoms with Crippen LogP contribution < -0.4 is 10.6 Å². The summed E-state index contributed by atoms with van der Waals surface area (Å²) in [6.45, 7) is 0.705. The Morgan fingerprint density at radius 2 is 2.19 bits per heavy atom. The van der Waals surface area contributed by atoms with Gasteiger partial charge in [-0.3, -0.25) is 4.98 Å². The highest BCUT2D eigenvalue weighted by atomic mass is 32.2. The average Bonchev–Trinajstić information content (AvgIpc) is 2.46. The second kappa shape index (κ2) is 5.38. The molecule has 0 aliphatic carbocycles. The number of nitrogen functional groups attached to an aromatic ring is 1. The Hall–Kier alpha value is -1.47. The van der Waals surface area contributed by atoms with Crippen LogP contribution in [-0.2, 0) is 9.84 Å². The van der Waals surface area contributed by atoms with Gasteiger partial charge in [0.05, 0.1) is 11.2 Å². The van der Waals surface area contributed by atoms with Crippen molar-refractivity contribution in [2.75, 3.05) is 34.9 Å². The first-order valence-electron chi connectivity index (χ1n) is 6.65. The molecule has 2 heterocycles. The van der Waals surface area contributed by atoms with E-state index in [0.717, 1.165) is 22.3 Å². The van der Waals surface area contributed by atoms with E-state index in [4.69, 9.17) is 5.73 Å². The normalized spacial score (nSPS) is 19.9. The highest BCUT2D eigenvalue weighted by molar-refractivity contribution is 8.01. The predicted octanol–water partition coefficient (Wildman–Crippen LogP) is 1.74. The number of fused-ring (bicyclic) bond motifs is 1. The molecule has 5 nitrogen and oxygen atoms in total. The SMILES string of the molecule is CS(=O)(=O)C1CSCCN1c1ccnc2c(N)cccc12. The van der Waals surface area contributed by atoms with Crippen LogP contribution in [0.3, 0.4) is 0 Å². The van der Waals surface area contributed by atoms with Gasteiger partial charge in [-0.05, 0) is 12.1 Å². The molecule has 0 spiro atoms. The molecular weight excluding hydrogens is 306 g/mol. The van der Waals surface area contributed by atoms with E-state index in [0.29, 0.717) is 18.0 Å². The number of anilines is 2. The first-order chi connectivity index (χ1) is 9.98. The fourth-order valence-electron chi connectivity index (χ4n) is 2.65. The number of nitrogens with two attached hydrogens (primary N) is 1. The average molecular weight is 323 g/mol. The lowest BCUT2D eigenvalue weighted by molar-refractivity contribution is 0.585. The molecule has 112 valence electrons. The zero-order chi connectivity index (χ0) is 15.0. The number of pyridine rings is 1. The molecule has 1 atom stereocenters. The summed E-state index contributed by atoms with van der Waals surface area (Å²) in [5.74, 6) is 1.50. The number of benzene rings is 1. The first kappa shape index (κ1) is 14.5. The zero-order valence-corrected chi connectivity index (χ0v) is 13.3. The quantitative estimate of drug-likeness (QED) is 0.849. The molecule has 0 saturated carbocycles. The van der Waals surface area contributed by atoms with Crippen molar-refractivity contribution < 1.29 is 8.42 Å². The van der Waals surface area contributed by atoms with Crippen LogP contribution >= 0.6 is 11.8 Å². The van der Waals surface area contributed by atoms with Crippen LogP contribution in [0.5, 0.6) is 0 Å². The van der Waals surface area contributed by atoms with Crippen LogP contribution in [0.4, 0.5) is 11.4 Å². The van der Waals surface area contributed by atoms with Crippen LogP contribution in [0, 0.1) is 0 Å². The summed E-state index contributed by atoms with van der Waals surface area (Å²) in [7, 11) is -3.15. The molecule has 0 bridgehead atoms. The smallest absolute Gasteiger partial charge is 0.169 e. The lowest BCUT2D eigenvalue weighted by Gasteiger charge is -2.36. The van der Waals surface area contributed by atoms with Gasteiger partial charge in [-0.2, -0.15) is 11.8 Å². The van der Waals surface area contributed by atoms with Crippen molar-refractivity contribution in [2.45, 2.75) is 5.37 Å². The highest BCUT2D eigenvalue weighted by Gasteiger charge is 2.32. The summed E-state index contributed by atoms with van der Waals surface area (Å²) in [4.78, 5) is 6.28. The van der Waals surface area contributed by atoms with Crippen LogP contribution in [0.1, 0.15) is 0 Å². The molecule has 1 unspecified atom stereocenters. The second-order valence-electron chi connectivity index (χ2n) is 5.13. The number of nitrogens with zero attached hydrogens (tertiary/aromatic N) is 2. The van der Waals surface area contributed by atoms with Crippen LogP contribution in [-0.4, -0.2) is 43.1 Å². The number of thioether (sulfide) groups is 1. The molecule has 2 N–H and O–H groups in total. The standard InChI is InChI=1S/C14H17N3O2S2/c1-21(18,19)13-9-20-8-7-17(13)12-5-6-16-14-10(12)3-2-4-11(14)15/h2-6,13H,7-9,15H2,1H3. The largest absolute Gasteiger partial charge is 0.397 e. The predicted molar refractivity (Wildman–Crippen MR) is 89.5 cm³/mol. The number of aromatic nitrogens is 1. The molecule has 2 aromatic rings. The Labute approximate surface area is 128 Å². The zero-order valence-electron chi connectivity index (χ0n) is 11.7. The summed E-state index contributed by atoms with van der Waals surface area (Å²) < 4.78 is 24.2. The van der Waals surface area contributed by atoms with Crippen molar-refractivity contribution in [1.29, 1.82) is 0 Å². The monoisotopic (exact) mass is 323 g/mol. The first-order valence-corrected chi connectivity index (χ1v) is 9.76. The van der Waals surface area contributed by atoms with E-state index in [9.17, 15) is 8.42 Å². The minimum Gasteiger partial charge on any atom is -0.397 e. The van der Waals surface area contributed by atoms with E-state index in [1.54, 1.807) is 24.0 Å². The topological polar surface area (TPSA) is 76.3 Å². The number of para-hydroxylation sites is 1. The third kappa shape index (κ3) is 2.67. The van der Waals surface area contributed by atoms with Gasteiger partial charge in [-0.25, -0.2) is 8.42 Å². The molecule has 1 fully saturated rings. The fourth-order valence-corrected chi connectivity index (χ4v) is 5.48. The van der Waals surface area contributed by atoms with Crippen LogP contribution in [0.15, 0.2) is 30.5 Å². The van der Waals surface area contributed by atoms with Crippen molar-refractivity contribution >= 4 is 43.9 Å². The molecule has 1 aliphatic heterocycles. The van der Waals surface area contributed by atoms with E-state index in [2.05, 4.69) is 4.98 Å². The van der Waals surface area contributed by atoms with Crippen molar-refractivity contribution in [1.82, 2.24) is 4.98 Å². The summed E-state index contributed by atoms with van der Waals surface area (Å²) in [5, 5.41) is 0.404. The summed E-state index contributed by atoms with van der Waals surface area (Å²) in [6.07, 6.45) is 2.99. The van der Waals surface area contributed by atoms with E-state index >= 15 is 0 Å². The van der Waals surface area contributed by atoms with E-state index < -0.39 is 15.2 Å². The van der Waals surface area contributed by atoms with Gasteiger partial charge in [0, 0.05) is 41.6 Å². The maximum Gasteiger partial charge on any atom is 0.169 e. The maximum atomic E-state index is 12.1. The Balaban J connectivity index is 2.17. The number of sulfone groups is 1. The van der Waals surface area contributed by atoms with Crippen molar-refractivity contribution in [2.24, 2.45) is 0 Å². The Kier molecular flexibility index (Phi) is 3.71.